The number of hydrogen-bond donors (Lipinski definition) is 3. The Labute approximate surface area is 171 Å². The number of aliphatic imine (C=N–C) groups is 1. The molecule has 0 aliphatic carbocycles. The van der Waals surface area contributed by atoms with Crippen LogP contribution in [0.25, 0.3) is 0 Å². The van der Waals surface area contributed by atoms with E-state index in [2.05, 4.69) is 15.3 Å². The molecule has 0 aliphatic rings. The Morgan fingerprint density at radius 2 is 1.83 bits per heavy atom. The van der Waals surface area contributed by atoms with E-state index in [0.29, 0.717) is 0 Å². The molecule has 13 heteroatoms. The maximum atomic E-state index is 14.1. The second-order valence-corrected chi connectivity index (χ2v) is 6.02. The average Bonchev–Trinajstić information content (AvgIpc) is 2.68. The van der Waals surface area contributed by atoms with Crippen LogP contribution in [0.1, 0.15) is 10.4 Å². The summed E-state index contributed by atoms with van der Waals surface area (Å²) in [7, 11) is 0. The second-order valence-electron chi connectivity index (χ2n) is 5.58. The van der Waals surface area contributed by atoms with Crippen LogP contribution in [0, 0.1) is 11.5 Å². The number of nitrogens with zero attached hydrogens (tertiary/aromatic N) is 3. The van der Waals surface area contributed by atoms with E-state index < -0.39 is 30.1 Å². The summed E-state index contributed by atoms with van der Waals surface area (Å²) in [5.74, 6) is -7.49. The van der Waals surface area contributed by atoms with Crippen LogP contribution in [0.4, 0.5) is 27.6 Å². The lowest BCUT2D eigenvalue weighted by molar-refractivity contribution is -0.290. The molecule has 7 nitrogen and oxygen atoms in total. The first-order valence-electron chi connectivity index (χ1n) is 7.95. The van der Waals surface area contributed by atoms with E-state index in [1.807, 2.05) is 5.32 Å². The number of carbonyl (C=O) groups is 1. The van der Waals surface area contributed by atoms with Crippen molar-refractivity contribution in [1.82, 2.24) is 15.6 Å². The molecule has 0 aliphatic heterocycles. The fourth-order valence-electron chi connectivity index (χ4n) is 2.02. The van der Waals surface area contributed by atoms with Crippen molar-refractivity contribution in [3.05, 3.63) is 59.4 Å². The first-order chi connectivity index (χ1) is 14.0. The van der Waals surface area contributed by atoms with Gasteiger partial charge in [-0.3, -0.25) is 15.1 Å². The highest BCUT2D eigenvalue weighted by Crippen LogP contribution is 2.38. The van der Waals surface area contributed by atoms with Crippen LogP contribution in [0.15, 0.2) is 53.8 Å². The lowest BCUT2D eigenvalue weighted by Crippen LogP contribution is -2.55. The topological polar surface area (TPSA) is 102 Å². The molecule has 158 valence electrons. The fourth-order valence-corrected chi connectivity index (χ4v) is 2.15. The molecule has 0 spiro atoms. The van der Waals surface area contributed by atoms with Crippen molar-refractivity contribution in [2.75, 3.05) is 5.32 Å². The summed E-state index contributed by atoms with van der Waals surface area (Å²) in [5, 5.41) is 14.7. The summed E-state index contributed by atoms with van der Waals surface area (Å²) in [6.45, 7) is 0. The van der Waals surface area contributed by atoms with Crippen molar-refractivity contribution in [2.24, 2.45) is 4.99 Å². The summed E-state index contributed by atoms with van der Waals surface area (Å²) >= 11 is 5.66. The van der Waals surface area contributed by atoms with E-state index in [1.54, 1.807) is 0 Å². The number of pyridine rings is 1. The molecule has 2 rings (SSSR count). The molecule has 1 atom stereocenters. The van der Waals surface area contributed by atoms with Crippen LogP contribution in [-0.2, 0) is 0 Å². The number of guanidine groups is 1. The van der Waals surface area contributed by atoms with Crippen molar-refractivity contribution >= 4 is 29.2 Å². The molecule has 3 N–H and O–H groups in total. The van der Waals surface area contributed by atoms with Gasteiger partial charge < -0.3 is 10.6 Å². The minimum atomic E-state index is -6.04. The van der Waals surface area contributed by atoms with Gasteiger partial charge in [-0.25, -0.2) is 4.99 Å². The van der Waals surface area contributed by atoms with Gasteiger partial charge in [-0.2, -0.15) is 27.2 Å². The molecule has 1 aromatic carbocycles. The standard InChI is InChI=1S/C17H12ClF5N6O/c18-11-5-3-10(4-6-11)13(30)28-14(16(19,20)17(21,22)23)29-15(26-9-24)27-12-2-1-7-25-8-12/h1-8,14H,(H,28,30)(H2,26,27,29). The van der Waals surface area contributed by atoms with E-state index in [4.69, 9.17) is 16.9 Å². The number of rotatable bonds is 5. The maximum absolute atomic E-state index is 14.1. The molecule has 0 saturated heterocycles. The maximum Gasteiger partial charge on any atom is 0.457 e. The zero-order chi connectivity index (χ0) is 22.4. The van der Waals surface area contributed by atoms with Crippen LogP contribution in [0.5, 0.6) is 0 Å². The minimum absolute atomic E-state index is 0.136. The van der Waals surface area contributed by atoms with Crippen LogP contribution in [0.3, 0.4) is 0 Å². The molecule has 0 radical (unpaired) electrons. The smallest absolute Gasteiger partial charge is 0.325 e. The number of carbonyl (C=O) groups excluding carboxylic acids is 1. The molecular weight excluding hydrogens is 435 g/mol. The van der Waals surface area contributed by atoms with Crippen molar-refractivity contribution in [3.8, 4) is 6.19 Å². The van der Waals surface area contributed by atoms with E-state index in [9.17, 15) is 26.7 Å². The SMILES string of the molecule is N#CN/C(=N\C(NC(=O)c1ccc(Cl)cc1)C(F)(F)C(F)(F)F)Nc1cccnc1. The van der Waals surface area contributed by atoms with Crippen LogP contribution < -0.4 is 16.0 Å². The largest absolute Gasteiger partial charge is 0.457 e. The third-order valence-corrected chi connectivity index (χ3v) is 3.70. The zero-order valence-electron chi connectivity index (χ0n) is 14.7. The molecule has 1 heterocycles. The highest BCUT2D eigenvalue weighted by Gasteiger charge is 2.63. The lowest BCUT2D eigenvalue weighted by atomic mass is 10.2. The van der Waals surface area contributed by atoms with Gasteiger partial charge in [0, 0.05) is 16.8 Å². The third kappa shape index (κ3) is 5.77. The number of hydrogen-bond acceptors (Lipinski definition) is 4. The summed E-state index contributed by atoms with van der Waals surface area (Å²) in [5.41, 5.74) is -0.0929. The lowest BCUT2D eigenvalue weighted by Gasteiger charge is -2.27. The van der Waals surface area contributed by atoms with Crippen molar-refractivity contribution in [2.45, 2.75) is 18.3 Å². The van der Waals surface area contributed by atoms with E-state index >= 15 is 0 Å². The number of nitriles is 1. The first-order valence-corrected chi connectivity index (χ1v) is 8.33. The molecule has 1 aromatic heterocycles. The quantitative estimate of drug-likeness (QED) is 0.214. The van der Waals surface area contributed by atoms with Gasteiger partial charge in [0.25, 0.3) is 5.91 Å². The monoisotopic (exact) mass is 446 g/mol. The highest BCUT2D eigenvalue weighted by atomic mass is 35.5. The number of aromatic nitrogens is 1. The number of nitrogens with one attached hydrogen (secondary N) is 3. The summed E-state index contributed by atoms with van der Waals surface area (Å²) in [6.07, 6.45) is -5.19. The average molecular weight is 447 g/mol. The molecule has 2 aromatic rings. The number of amides is 1. The van der Waals surface area contributed by atoms with Crippen molar-refractivity contribution in [1.29, 1.82) is 5.26 Å². The number of alkyl halides is 5. The Kier molecular flexibility index (Phi) is 7.12. The molecule has 0 saturated carbocycles. The Morgan fingerprint density at radius 3 is 2.37 bits per heavy atom. The zero-order valence-corrected chi connectivity index (χ0v) is 15.5. The molecule has 0 fully saturated rings. The Bertz CT molecular complexity index is 944. The van der Waals surface area contributed by atoms with E-state index in [-0.39, 0.29) is 16.3 Å². The van der Waals surface area contributed by atoms with Gasteiger partial charge in [0.05, 0.1) is 11.9 Å². The van der Waals surface area contributed by atoms with Crippen LogP contribution in [-0.4, -0.2) is 35.1 Å². The van der Waals surface area contributed by atoms with Gasteiger partial charge in [-0.05, 0) is 36.4 Å². The molecular formula is C17H12ClF5N6O. The second kappa shape index (κ2) is 9.36. The molecule has 1 unspecified atom stereocenters. The van der Waals surface area contributed by atoms with Gasteiger partial charge in [-0.1, -0.05) is 11.6 Å². The van der Waals surface area contributed by atoms with Gasteiger partial charge in [-0.15, -0.1) is 0 Å². The fraction of sp³-hybridized carbons (Fsp3) is 0.176. The number of anilines is 1. The Morgan fingerprint density at radius 1 is 1.17 bits per heavy atom. The van der Waals surface area contributed by atoms with Gasteiger partial charge in [0.15, 0.2) is 12.4 Å². The van der Waals surface area contributed by atoms with Crippen molar-refractivity contribution < 1.29 is 26.7 Å². The third-order valence-electron chi connectivity index (χ3n) is 3.45. The summed E-state index contributed by atoms with van der Waals surface area (Å²) < 4.78 is 67.0. The van der Waals surface area contributed by atoms with Crippen LogP contribution >= 0.6 is 11.6 Å². The molecule has 30 heavy (non-hydrogen) atoms. The van der Waals surface area contributed by atoms with Gasteiger partial charge in [0.1, 0.15) is 0 Å². The normalized spacial score (nSPS) is 13.2. The Hall–Kier alpha value is -3.46. The highest BCUT2D eigenvalue weighted by molar-refractivity contribution is 6.30. The van der Waals surface area contributed by atoms with Crippen LogP contribution in [0.2, 0.25) is 5.02 Å². The number of benzene rings is 1. The predicted octanol–water partition coefficient (Wildman–Crippen LogP) is 3.53. The van der Waals surface area contributed by atoms with Crippen molar-refractivity contribution in [3.63, 3.8) is 0 Å². The van der Waals surface area contributed by atoms with Gasteiger partial charge >= 0.3 is 12.1 Å². The Balaban J connectivity index is 2.40. The van der Waals surface area contributed by atoms with E-state index in [1.165, 1.54) is 48.2 Å². The number of halogens is 6. The summed E-state index contributed by atoms with van der Waals surface area (Å²) in [6, 6.07) is 7.60. The van der Waals surface area contributed by atoms with E-state index in [0.717, 1.165) is 12.1 Å². The van der Waals surface area contributed by atoms with Gasteiger partial charge in [0.2, 0.25) is 5.96 Å². The summed E-state index contributed by atoms with van der Waals surface area (Å²) in [4.78, 5) is 19.1. The molecule has 0 bridgehead atoms. The predicted molar refractivity (Wildman–Crippen MR) is 97.8 cm³/mol. The minimum Gasteiger partial charge on any atom is -0.325 e. The first kappa shape index (κ1) is 22.8. The molecule has 1 amide bonds.